The molecule has 176 valence electrons. The molecule has 0 radical (unpaired) electrons. The summed E-state index contributed by atoms with van der Waals surface area (Å²) in [5, 5.41) is 0.635. The molecule has 4 nitrogen and oxygen atoms in total. The number of nitrogens with zero attached hydrogens (tertiary/aromatic N) is 1. The number of rotatable bonds is 2. The van der Waals surface area contributed by atoms with Crippen LogP contribution in [0.1, 0.15) is 78.8 Å². The van der Waals surface area contributed by atoms with Crippen LogP contribution in [-0.4, -0.2) is 29.3 Å². The molecular weight excluding hydrogens is 422 g/mol. The van der Waals surface area contributed by atoms with E-state index in [-0.39, 0.29) is 29.5 Å². The Morgan fingerprint density at radius 1 is 1.22 bits per heavy atom. The van der Waals surface area contributed by atoms with Gasteiger partial charge in [0.25, 0.3) is 0 Å². The first-order valence-corrected chi connectivity index (χ1v) is 12.1. The number of hydrogen-bond acceptors (Lipinski definition) is 4. The summed E-state index contributed by atoms with van der Waals surface area (Å²) in [5.74, 6) is 0.147. The molecular formula is C27H38ClNO3. The summed E-state index contributed by atoms with van der Waals surface area (Å²) in [6, 6.07) is 5.67. The summed E-state index contributed by atoms with van der Waals surface area (Å²) in [6.45, 7) is 10.6. The lowest BCUT2D eigenvalue weighted by Gasteiger charge is -2.28. The number of carbonyl (C=O) groups excluding carboxylic acids is 2. The Hall–Kier alpha value is -1.78. The van der Waals surface area contributed by atoms with Crippen LogP contribution < -0.4 is 0 Å². The van der Waals surface area contributed by atoms with Gasteiger partial charge in [-0.15, -0.1) is 0 Å². The van der Waals surface area contributed by atoms with Gasteiger partial charge >= 0.3 is 0 Å². The molecule has 1 aliphatic heterocycles. The Kier molecular flexibility index (Phi) is 10.3. The van der Waals surface area contributed by atoms with Crippen LogP contribution in [0.5, 0.6) is 0 Å². The van der Waals surface area contributed by atoms with E-state index in [1.165, 1.54) is 5.57 Å². The fourth-order valence-corrected chi connectivity index (χ4v) is 4.45. The molecule has 0 aromatic carbocycles. The lowest BCUT2D eigenvalue weighted by atomic mass is 9.76. The second kappa shape index (κ2) is 12.5. The average molecular weight is 460 g/mol. The highest BCUT2D eigenvalue weighted by atomic mass is 35.5. The molecule has 1 aromatic heterocycles. The first kappa shape index (κ1) is 26.5. The highest BCUT2D eigenvalue weighted by molar-refractivity contribution is 6.31. The second-order valence-electron chi connectivity index (χ2n) is 9.83. The monoisotopic (exact) mass is 459 g/mol. The second-order valence-corrected chi connectivity index (χ2v) is 10.3. The first-order valence-electron chi connectivity index (χ1n) is 11.7. The number of aromatic nitrogens is 1. The van der Waals surface area contributed by atoms with Gasteiger partial charge in [-0.2, -0.15) is 0 Å². The van der Waals surface area contributed by atoms with Crippen LogP contribution in [0.4, 0.5) is 0 Å². The Morgan fingerprint density at radius 3 is 2.66 bits per heavy atom. The van der Waals surface area contributed by atoms with Crippen molar-refractivity contribution in [2.45, 2.75) is 79.2 Å². The van der Waals surface area contributed by atoms with Crippen LogP contribution in [0.3, 0.4) is 0 Å². The Morgan fingerprint density at radius 2 is 1.97 bits per heavy atom. The minimum absolute atomic E-state index is 0.0237. The number of pyridine rings is 1. The molecule has 0 aliphatic carbocycles. The molecule has 2 heterocycles. The van der Waals surface area contributed by atoms with Crippen molar-refractivity contribution in [2.75, 3.05) is 6.61 Å². The summed E-state index contributed by atoms with van der Waals surface area (Å²) in [6.07, 6.45) is 9.27. The lowest BCUT2D eigenvalue weighted by Crippen LogP contribution is -2.32. The molecule has 1 aliphatic rings. The van der Waals surface area contributed by atoms with E-state index in [2.05, 4.69) is 18.0 Å². The first-order chi connectivity index (χ1) is 15.1. The molecule has 32 heavy (non-hydrogen) atoms. The number of halogens is 1. The van der Waals surface area contributed by atoms with E-state index >= 15 is 0 Å². The molecule has 3 atom stereocenters. The molecule has 0 spiro atoms. The standard InChI is InChI=1S/C27H38ClNO3/c1-19-9-10-22(25(28)18-23-8-6-7-14-29-23)17-24(30)11-13-27(4,5)26(31)20(2)16-21(3)32-15-12-19/h6-9,14,18,20-22H,10-13,15-17H2,1-5H3. The van der Waals surface area contributed by atoms with Crippen LogP contribution in [0, 0.1) is 17.3 Å². The molecule has 3 unspecified atom stereocenters. The van der Waals surface area contributed by atoms with Gasteiger partial charge < -0.3 is 4.74 Å². The van der Waals surface area contributed by atoms with Crippen LogP contribution in [0.15, 0.2) is 41.1 Å². The maximum Gasteiger partial charge on any atom is 0.141 e. The van der Waals surface area contributed by atoms with E-state index in [0.717, 1.165) is 12.1 Å². The zero-order chi connectivity index (χ0) is 23.7. The topological polar surface area (TPSA) is 56.3 Å². The molecule has 0 saturated heterocycles. The minimum atomic E-state index is -0.536. The van der Waals surface area contributed by atoms with Gasteiger partial charge in [0.05, 0.1) is 18.4 Å². The molecule has 1 aromatic rings. The lowest BCUT2D eigenvalue weighted by molar-refractivity contribution is -0.132. The highest BCUT2D eigenvalue weighted by Crippen LogP contribution is 2.32. The molecule has 0 bridgehead atoms. The smallest absolute Gasteiger partial charge is 0.141 e. The maximum atomic E-state index is 13.0. The minimum Gasteiger partial charge on any atom is -0.378 e. The third-order valence-corrected chi connectivity index (χ3v) is 6.73. The van der Waals surface area contributed by atoms with Gasteiger partial charge in [0.15, 0.2) is 0 Å². The van der Waals surface area contributed by atoms with Crippen LogP contribution in [-0.2, 0) is 14.3 Å². The summed E-state index contributed by atoms with van der Waals surface area (Å²) < 4.78 is 5.98. The van der Waals surface area contributed by atoms with E-state index in [0.29, 0.717) is 43.7 Å². The zero-order valence-corrected chi connectivity index (χ0v) is 21.0. The van der Waals surface area contributed by atoms with Gasteiger partial charge in [0, 0.05) is 41.3 Å². The van der Waals surface area contributed by atoms with E-state index in [9.17, 15) is 9.59 Å². The quantitative estimate of drug-likeness (QED) is 0.457. The van der Waals surface area contributed by atoms with Gasteiger partial charge in [-0.1, -0.05) is 50.1 Å². The third kappa shape index (κ3) is 8.63. The summed E-state index contributed by atoms with van der Waals surface area (Å²) in [7, 11) is 0. The Bertz CT molecular complexity index is 829. The van der Waals surface area contributed by atoms with Gasteiger partial charge in [0.2, 0.25) is 0 Å². The molecule has 2 rings (SSSR count). The van der Waals surface area contributed by atoms with Gasteiger partial charge in [-0.05, 0) is 57.7 Å². The fraction of sp³-hybridized carbons (Fsp3) is 0.593. The van der Waals surface area contributed by atoms with Gasteiger partial charge in [-0.25, -0.2) is 0 Å². The molecule has 0 N–H and O–H groups in total. The van der Waals surface area contributed by atoms with Crippen molar-refractivity contribution in [1.29, 1.82) is 0 Å². The normalized spacial score (nSPS) is 27.1. The number of Topliss-reactive ketones (excluding diaryl/α,β-unsaturated/α-hetero) is 2. The van der Waals surface area contributed by atoms with Gasteiger partial charge in [0.1, 0.15) is 11.6 Å². The molecule has 0 fully saturated rings. The van der Waals surface area contributed by atoms with E-state index in [1.807, 2.05) is 52.0 Å². The van der Waals surface area contributed by atoms with Crippen molar-refractivity contribution >= 4 is 29.2 Å². The van der Waals surface area contributed by atoms with Crippen molar-refractivity contribution in [1.82, 2.24) is 4.98 Å². The third-order valence-electron chi connectivity index (χ3n) is 6.32. The largest absolute Gasteiger partial charge is 0.378 e. The SMILES string of the molecule is CC1=CCC(C(Cl)=Cc2ccccn2)CC(=O)CCC(C)(C)C(=O)C(C)CC(C)OCC1. The van der Waals surface area contributed by atoms with Crippen LogP contribution in [0.2, 0.25) is 0 Å². The van der Waals surface area contributed by atoms with Crippen molar-refractivity contribution in [3.05, 3.63) is 46.8 Å². The van der Waals surface area contributed by atoms with E-state index < -0.39 is 5.41 Å². The van der Waals surface area contributed by atoms with Crippen LogP contribution >= 0.6 is 11.6 Å². The molecule has 5 heteroatoms. The van der Waals surface area contributed by atoms with Crippen molar-refractivity contribution in [3.8, 4) is 0 Å². The molecule has 0 amide bonds. The number of ketones is 2. The van der Waals surface area contributed by atoms with Gasteiger partial charge in [-0.3, -0.25) is 14.6 Å². The van der Waals surface area contributed by atoms with Crippen molar-refractivity contribution in [3.63, 3.8) is 0 Å². The summed E-state index contributed by atoms with van der Waals surface area (Å²) >= 11 is 6.68. The predicted octanol–water partition coefficient (Wildman–Crippen LogP) is 6.78. The molecule has 0 saturated carbocycles. The van der Waals surface area contributed by atoms with Crippen LogP contribution in [0.25, 0.3) is 6.08 Å². The van der Waals surface area contributed by atoms with Crippen molar-refractivity contribution < 1.29 is 14.3 Å². The number of ether oxygens (including phenoxy) is 1. The predicted molar refractivity (Wildman–Crippen MR) is 131 cm³/mol. The average Bonchev–Trinajstić information content (AvgIpc) is 2.74. The number of carbonyl (C=O) groups is 2. The van der Waals surface area contributed by atoms with E-state index in [4.69, 9.17) is 16.3 Å². The highest BCUT2D eigenvalue weighted by Gasteiger charge is 2.32. The number of allylic oxidation sites excluding steroid dienone is 2. The zero-order valence-electron chi connectivity index (χ0n) is 20.2. The Balaban J connectivity index is 2.24. The summed E-state index contributed by atoms with van der Waals surface area (Å²) in [4.78, 5) is 30.2. The Labute approximate surface area is 198 Å². The van der Waals surface area contributed by atoms with Crippen molar-refractivity contribution in [2.24, 2.45) is 17.3 Å². The van der Waals surface area contributed by atoms with E-state index in [1.54, 1.807) is 6.20 Å². The number of hydrogen-bond donors (Lipinski definition) is 0. The fourth-order valence-electron chi connectivity index (χ4n) is 4.17. The maximum absolute atomic E-state index is 13.0. The summed E-state index contributed by atoms with van der Waals surface area (Å²) in [5.41, 5.74) is 1.46.